The predicted octanol–water partition coefficient (Wildman–Crippen LogP) is 1.75. The van der Waals surface area contributed by atoms with Crippen LogP contribution < -0.4 is 4.90 Å². The van der Waals surface area contributed by atoms with E-state index in [1.165, 1.54) is 4.88 Å². The molecular weight excluding hydrogens is 316 g/mol. The van der Waals surface area contributed by atoms with Gasteiger partial charge in [-0.3, -0.25) is 9.69 Å². The van der Waals surface area contributed by atoms with Crippen LogP contribution in [0.1, 0.15) is 17.7 Å². The van der Waals surface area contributed by atoms with Crippen LogP contribution in [0.15, 0.2) is 6.20 Å². The molecular formula is C15H24N4OS2. The van der Waals surface area contributed by atoms with Gasteiger partial charge in [0, 0.05) is 56.3 Å². The van der Waals surface area contributed by atoms with Crippen LogP contribution in [0.3, 0.4) is 0 Å². The third-order valence-corrected chi connectivity index (χ3v) is 6.35. The summed E-state index contributed by atoms with van der Waals surface area (Å²) in [5, 5.41) is 1.03. The van der Waals surface area contributed by atoms with E-state index in [1.807, 2.05) is 37.0 Å². The van der Waals surface area contributed by atoms with E-state index < -0.39 is 0 Å². The largest absolute Gasteiger partial charge is 0.354 e. The molecule has 0 radical (unpaired) electrons. The minimum atomic E-state index is 0.0769. The van der Waals surface area contributed by atoms with Crippen LogP contribution in [0.5, 0.6) is 0 Å². The first-order valence-corrected chi connectivity index (χ1v) is 9.85. The number of hydrogen-bond acceptors (Lipinski definition) is 6. The summed E-state index contributed by atoms with van der Waals surface area (Å²) >= 11 is 3.67. The molecule has 0 bridgehead atoms. The molecule has 0 aliphatic carbocycles. The molecule has 2 saturated heterocycles. The Hall–Kier alpha value is -0.790. The predicted molar refractivity (Wildman–Crippen MR) is 93.8 cm³/mol. The van der Waals surface area contributed by atoms with Crippen molar-refractivity contribution >= 4 is 34.1 Å². The van der Waals surface area contributed by atoms with Gasteiger partial charge in [-0.1, -0.05) is 0 Å². The van der Waals surface area contributed by atoms with Crippen LogP contribution in [0.4, 0.5) is 5.13 Å². The Labute approximate surface area is 140 Å². The number of carbonyl (C=O) groups excluding carboxylic acids is 1. The molecule has 7 heteroatoms. The van der Waals surface area contributed by atoms with E-state index in [1.54, 1.807) is 11.3 Å². The lowest BCUT2D eigenvalue weighted by Crippen LogP contribution is -2.48. The quantitative estimate of drug-likeness (QED) is 0.835. The summed E-state index contributed by atoms with van der Waals surface area (Å²) in [5.41, 5.74) is 0. The number of hydrogen-bond donors (Lipinski definition) is 0. The first-order chi connectivity index (χ1) is 10.6. The lowest BCUT2D eigenvalue weighted by Gasteiger charge is -2.32. The summed E-state index contributed by atoms with van der Waals surface area (Å²) in [5.74, 6) is 2.51. The number of thioether (sulfide) groups is 1. The van der Waals surface area contributed by atoms with E-state index in [-0.39, 0.29) is 6.04 Å². The number of thiazole rings is 1. The van der Waals surface area contributed by atoms with Crippen LogP contribution in [0.25, 0.3) is 0 Å². The molecule has 3 heterocycles. The van der Waals surface area contributed by atoms with Crippen LogP contribution in [0.2, 0.25) is 0 Å². The van der Waals surface area contributed by atoms with Crippen molar-refractivity contribution in [2.24, 2.45) is 0 Å². The van der Waals surface area contributed by atoms with Gasteiger partial charge in [-0.05, 0) is 19.4 Å². The molecule has 0 saturated carbocycles. The van der Waals surface area contributed by atoms with Crippen LogP contribution >= 0.6 is 23.1 Å². The molecule has 2 aliphatic heterocycles. The van der Waals surface area contributed by atoms with E-state index in [0.29, 0.717) is 5.91 Å². The highest BCUT2D eigenvalue weighted by atomic mass is 32.2. The lowest BCUT2D eigenvalue weighted by molar-refractivity contribution is -0.135. The Kier molecular flexibility index (Phi) is 5.25. The average Bonchev–Trinajstić information content (AvgIpc) is 3.17. The summed E-state index contributed by atoms with van der Waals surface area (Å²) in [7, 11) is 4.03. The third kappa shape index (κ3) is 3.58. The fourth-order valence-electron chi connectivity index (χ4n) is 3.07. The van der Waals surface area contributed by atoms with Gasteiger partial charge in [0.2, 0.25) is 5.91 Å². The number of anilines is 1. The van der Waals surface area contributed by atoms with Crippen LogP contribution in [0, 0.1) is 0 Å². The van der Waals surface area contributed by atoms with Gasteiger partial charge in [0.15, 0.2) is 5.13 Å². The average molecular weight is 341 g/mol. The number of aromatic nitrogens is 1. The second-order valence-corrected chi connectivity index (χ2v) is 8.39. The second-order valence-electron chi connectivity index (χ2n) is 6.07. The standard InChI is InChI=1S/C15H24N4OS2/c1-17(2)15-16-10-12(22-15)11-19-5-3-4-13(19)14(20)18-6-8-21-9-7-18/h10,13H,3-9,11H2,1-2H3. The Morgan fingerprint density at radius 3 is 2.82 bits per heavy atom. The summed E-state index contributed by atoms with van der Waals surface area (Å²) in [6.07, 6.45) is 4.08. The zero-order valence-electron chi connectivity index (χ0n) is 13.3. The van der Waals surface area contributed by atoms with Crippen LogP contribution in [-0.2, 0) is 11.3 Å². The topological polar surface area (TPSA) is 39.7 Å². The van der Waals surface area contributed by atoms with Crippen molar-refractivity contribution in [2.75, 3.05) is 50.1 Å². The molecule has 1 aromatic rings. The molecule has 1 unspecified atom stereocenters. The molecule has 1 atom stereocenters. The summed E-state index contributed by atoms with van der Waals surface area (Å²) in [6, 6.07) is 0.0769. The zero-order chi connectivity index (χ0) is 15.5. The maximum atomic E-state index is 12.8. The maximum Gasteiger partial charge on any atom is 0.239 e. The van der Waals surface area contributed by atoms with Crippen molar-refractivity contribution in [3.8, 4) is 0 Å². The van der Waals surface area contributed by atoms with Crippen molar-refractivity contribution in [1.82, 2.24) is 14.8 Å². The lowest BCUT2D eigenvalue weighted by atomic mass is 10.2. The SMILES string of the molecule is CN(C)c1ncc(CN2CCCC2C(=O)N2CCSCC2)s1. The van der Waals surface area contributed by atoms with Crippen molar-refractivity contribution < 1.29 is 4.79 Å². The molecule has 122 valence electrons. The Bertz CT molecular complexity index is 513. The highest BCUT2D eigenvalue weighted by Gasteiger charge is 2.34. The van der Waals surface area contributed by atoms with E-state index in [4.69, 9.17) is 0 Å². The van der Waals surface area contributed by atoms with Crippen molar-refractivity contribution in [3.63, 3.8) is 0 Å². The molecule has 2 fully saturated rings. The van der Waals surface area contributed by atoms with Gasteiger partial charge in [-0.15, -0.1) is 11.3 Å². The summed E-state index contributed by atoms with van der Waals surface area (Å²) in [6.45, 7) is 3.71. The highest BCUT2D eigenvalue weighted by molar-refractivity contribution is 7.99. The first-order valence-electron chi connectivity index (χ1n) is 7.88. The number of amides is 1. The molecule has 2 aliphatic rings. The Balaban J connectivity index is 1.63. The summed E-state index contributed by atoms with van der Waals surface area (Å²) < 4.78 is 0. The van der Waals surface area contributed by atoms with Gasteiger partial charge in [0.1, 0.15) is 0 Å². The molecule has 0 spiro atoms. The second kappa shape index (κ2) is 7.19. The van der Waals surface area contributed by atoms with Crippen molar-refractivity contribution in [2.45, 2.75) is 25.4 Å². The van der Waals surface area contributed by atoms with Crippen molar-refractivity contribution in [3.05, 3.63) is 11.1 Å². The van der Waals surface area contributed by atoms with Gasteiger partial charge < -0.3 is 9.80 Å². The number of carbonyl (C=O) groups is 1. The Morgan fingerprint density at radius 2 is 2.14 bits per heavy atom. The fourth-order valence-corrected chi connectivity index (χ4v) is 4.83. The molecule has 0 aromatic carbocycles. The van der Waals surface area contributed by atoms with Gasteiger partial charge in [-0.25, -0.2) is 4.98 Å². The first kappa shape index (κ1) is 16.1. The fraction of sp³-hybridized carbons (Fsp3) is 0.733. The zero-order valence-corrected chi connectivity index (χ0v) is 15.0. The van der Waals surface area contributed by atoms with Gasteiger partial charge >= 0.3 is 0 Å². The van der Waals surface area contributed by atoms with Gasteiger partial charge in [0.05, 0.1) is 6.04 Å². The van der Waals surface area contributed by atoms with E-state index in [2.05, 4.69) is 14.8 Å². The number of likely N-dealkylation sites (tertiary alicyclic amines) is 1. The molecule has 5 nitrogen and oxygen atoms in total. The minimum absolute atomic E-state index is 0.0769. The molecule has 1 amide bonds. The van der Waals surface area contributed by atoms with E-state index >= 15 is 0 Å². The maximum absolute atomic E-state index is 12.8. The molecule has 1 aromatic heterocycles. The highest BCUT2D eigenvalue weighted by Crippen LogP contribution is 2.27. The minimum Gasteiger partial charge on any atom is -0.354 e. The van der Waals surface area contributed by atoms with E-state index in [9.17, 15) is 4.79 Å². The normalized spacial score (nSPS) is 23.0. The van der Waals surface area contributed by atoms with E-state index in [0.717, 1.165) is 55.7 Å². The molecule has 22 heavy (non-hydrogen) atoms. The number of rotatable bonds is 4. The smallest absolute Gasteiger partial charge is 0.239 e. The molecule has 0 N–H and O–H groups in total. The Morgan fingerprint density at radius 1 is 1.36 bits per heavy atom. The van der Waals surface area contributed by atoms with Crippen LogP contribution in [-0.4, -0.2) is 72.0 Å². The van der Waals surface area contributed by atoms with Gasteiger partial charge in [-0.2, -0.15) is 11.8 Å². The molecule has 3 rings (SSSR count). The summed E-state index contributed by atoms with van der Waals surface area (Å²) in [4.78, 5) is 24.9. The third-order valence-electron chi connectivity index (χ3n) is 4.25. The van der Waals surface area contributed by atoms with Crippen molar-refractivity contribution in [1.29, 1.82) is 0 Å². The van der Waals surface area contributed by atoms with Gasteiger partial charge in [0.25, 0.3) is 0 Å². The monoisotopic (exact) mass is 340 g/mol. The number of nitrogens with zero attached hydrogens (tertiary/aromatic N) is 4.